The molecule has 2 fully saturated rings. The van der Waals surface area contributed by atoms with E-state index >= 15 is 0 Å². The second kappa shape index (κ2) is 11.9. The van der Waals surface area contributed by atoms with Gasteiger partial charge in [-0.25, -0.2) is 18.9 Å². The van der Waals surface area contributed by atoms with Crippen molar-refractivity contribution in [3.63, 3.8) is 0 Å². The first-order chi connectivity index (χ1) is 17.4. The average molecular weight is 567 g/mol. The second-order valence-electron chi connectivity index (χ2n) is 12.4. The average Bonchev–Trinajstić information content (AvgIpc) is 3.44. The first-order valence-electron chi connectivity index (χ1n) is 13.5. The molecule has 2 aromatic rings. The number of hydrogen-bond donors (Lipinski definition) is 2. The van der Waals surface area contributed by atoms with Gasteiger partial charge in [0.1, 0.15) is 20.2 Å². The molecular weight excluding hydrogens is 525 g/mol. The first-order valence-corrected chi connectivity index (χ1v) is 16.3. The van der Waals surface area contributed by atoms with Gasteiger partial charge in [0.15, 0.2) is 5.01 Å². The number of rotatable bonds is 7. The van der Waals surface area contributed by atoms with E-state index in [0.717, 1.165) is 44.7 Å². The maximum absolute atomic E-state index is 13.4. The zero-order valence-electron chi connectivity index (χ0n) is 23.1. The fraction of sp³-hybridized carbons (Fsp3) is 0.741. The zero-order chi connectivity index (χ0) is 26.8. The molecule has 1 saturated heterocycles. The van der Waals surface area contributed by atoms with Gasteiger partial charge < -0.3 is 10.1 Å². The van der Waals surface area contributed by atoms with Gasteiger partial charge in [0.05, 0.1) is 16.3 Å². The molecule has 0 aromatic carbocycles. The fourth-order valence-corrected chi connectivity index (χ4v) is 8.78. The van der Waals surface area contributed by atoms with Gasteiger partial charge >= 0.3 is 0 Å². The Balaban J connectivity index is 1.70. The van der Waals surface area contributed by atoms with Crippen LogP contribution in [0.15, 0.2) is 4.21 Å². The van der Waals surface area contributed by atoms with Crippen LogP contribution in [0, 0.1) is 5.92 Å². The van der Waals surface area contributed by atoms with Gasteiger partial charge in [-0.2, -0.15) is 0 Å². The number of carbonyl (C=O) groups excluding carboxylic acids is 1. The maximum Gasteiger partial charge on any atom is 0.280 e. The van der Waals surface area contributed by atoms with Crippen LogP contribution < -0.4 is 10.0 Å². The van der Waals surface area contributed by atoms with Crippen LogP contribution in [0.3, 0.4) is 0 Å². The molecule has 0 spiro atoms. The summed E-state index contributed by atoms with van der Waals surface area (Å²) in [4.78, 5) is 24.1. The molecule has 2 aromatic heterocycles. The van der Waals surface area contributed by atoms with E-state index in [1.807, 2.05) is 20.8 Å². The minimum Gasteiger partial charge on any atom is -0.381 e. The number of carbonyl (C=O) groups is 1. The Morgan fingerprint density at radius 2 is 1.68 bits per heavy atom. The molecule has 10 heteroatoms. The quantitative estimate of drug-likeness (QED) is 0.428. The standard InChI is InChI=1S/C27H42N4O3S3/c1-26(2,3)21-25(37(33)31-27(4,5)6)36-23(30-21)20-19(16-17-10-8-7-9-11-17)29-24(35-20)22(32)28-18-12-14-34-15-13-18/h17-18,31H,7-16H2,1-6H3,(H,28,32). The van der Waals surface area contributed by atoms with E-state index in [9.17, 15) is 9.00 Å². The van der Waals surface area contributed by atoms with Crippen LogP contribution in [-0.4, -0.2) is 44.9 Å². The highest BCUT2D eigenvalue weighted by atomic mass is 32.2. The van der Waals surface area contributed by atoms with E-state index < -0.39 is 11.0 Å². The number of nitrogens with one attached hydrogen (secondary N) is 2. The summed E-state index contributed by atoms with van der Waals surface area (Å²) in [6.07, 6.45) is 8.75. The Morgan fingerprint density at radius 1 is 1.00 bits per heavy atom. The monoisotopic (exact) mass is 566 g/mol. The molecule has 3 heterocycles. The van der Waals surface area contributed by atoms with Crippen LogP contribution in [0.1, 0.15) is 108 Å². The normalized spacial score (nSPS) is 19.2. The number of thiazole rings is 2. The summed E-state index contributed by atoms with van der Waals surface area (Å²) < 4.78 is 22.8. The number of aromatic nitrogens is 2. The molecule has 206 valence electrons. The Labute approximate surface area is 232 Å². The van der Waals surface area contributed by atoms with Crippen molar-refractivity contribution in [3.8, 4) is 9.88 Å². The highest BCUT2D eigenvalue weighted by Gasteiger charge is 2.31. The lowest BCUT2D eigenvalue weighted by molar-refractivity contribution is 0.0696. The third-order valence-corrected chi connectivity index (χ3v) is 10.9. The van der Waals surface area contributed by atoms with Gasteiger partial charge in [-0.05, 0) is 46.0 Å². The smallest absolute Gasteiger partial charge is 0.280 e. The van der Waals surface area contributed by atoms with E-state index in [1.165, 1.54) is 54.8 Å². The van der Waals surface area contributed by atoms with Crippen molar-refractivity contribution in [1.82, 2.24) is 20.0 Å². The lowest BCUT2D eigenvalue weighted by Gasteiger charge is -2.22. The van der Waals surface area contributed by atoms with Crippen molar-refractivity contribution < 1.29 is 13.7 Å². The van der Waals surface area contributed by atoms with Crippen molar-refractivity contribution >= 4 is 39.6 Å². The second-order valence-corrected chi connectivity index (χ2v) is 15.8. The zero-order valence-corrected chi connectivity index (χ0v) is 25.5. The van der Waals surface area contributed by atoms with E-state index in [2.05, 4.69) is 30.8 Å². The molecule has 1 atom stereocenters. The van der Waals surface area contributed by atoms with Gasteiger partial charge in [0, 0.05) is 30.2 Å². The summed E-state index contributed by atoms with van der Waals surface area (Å²) >= 11 is 2.90. The SMILES string of the molecule is CC(C)(C)NS(=O)c1sc(-c2sc(C(=O)NC3CCOCC3)nc2CC2CCCCC2)nc1C(C)(C)C. The number of hydrogen-bond acceptors (Lipinski definition) is 7. The molecule has 7 nitrogen and oxygen atoms in total. The summed E-state index contributed by atoms with van der Waals surface area (Å²) in [6, 6.07) is 0.125. The van der Waals surface area contributed by atoms with Crippen LogP contribution in [0.2, 0.25) is 0 Å². The number of ether oxygens (including phenoxy) is 1. The predicted molar refractivity (Wildman–Crippen MR) is 153 cm³/mol. The lowest BCUT2D eigenvalue weighted by atomic mass is 9.86. The van der Waals surface area contributed by atoms with Crippen molar-refractivity contribution in [3.05, 3.63) is 16.4 Å². The van der Waals surface area contributed by atoms with Crippen LogP contribution in [0.25, 0.3) is 9.88 Å². The summed E-state index contributed by atoms with van der Waals surface area (Å²) in [5, 5.41) is 4.48. The van der Waals surface area contributed by atoms with Crippen molar-refractivity contribution in [2.24, 2.45) is 5.92 Å². The topological polar surface area (TPSA) is 93.2 Å². The van der Waals surface area contributed by atoms with Crippen LogP contribution in [0.4, 0.5) is 0 Å². The van der Waals surface area contributed by atoms with Gasteiger partial charge in [-0.3, -0.25) is 4.79 Å². The molecule has 0 radical (unpaired) electrons. The molecule has 4 rings (SSSR count). The largest absolute Gasteiger partial charge is 0.381 e. The molecule has 0 bridgehead atoms. The van der Waals surface area contributed by atoms with Gasteiger partial charge in [-0.15, -0.1) is 22.7 Å². The Bertz CT molecular complexity index is 1100. The van der Waals surface area contributed by atoms with Crippen LogP contribution in [-0.2, 0) is 27.6 Å². The third kappa shape index (κ3) is 7.68. The first kappa shape index (κ1) is 28.8. The summed E-state index contributed by atoms with van der Waals surface area (Å²) in [5.41, 5.74) is 1.24. The molecular formula is C27H42N4O3S3. The van der Waals surface area contributed by atoms with Crippen LogP contribution in [0.5, 0.6) is 0 Å². The minimum atomic E-state index is -1.38. The Morgan fingerprint density at radius 3 is 2.30 bits per heavy atom. The third-order valence-electron chi connectivity index (χ3n) is 6.72. The van der Waals surface area contributed by atoms with Crippen molar-refractivity contribution in [1.29, 1.82) is 0 Å². The summed E-state index contributed by atoms with van der Waals surface area (Å²) in [6.45, 7) is 13.7. The Hall–Kier alpha value is -1.20. The summed E-state index contributed by atoms with van der Waals surface area (Å²) in [5.74, 6) is 0.470. The van der Waals surface area contributed by atoms with E-state index in [1.54, 1.807) is 0 Å². The van der Waals surface area contributed by atoms with E-state index in [-0.39, 0.29) is 22.9 Å². The molecule has 2 aliphatic rings. The predicted octanol–water partition coefficient (Wildman–Crippen LogP) is 6.01. The molecule has 1 amide bonds. The number of amides is 1. The van der Waals surface area contributed by atoms with E-state index in [4.69, 9.17) is 14.7 Å². The van der Waals surface area contributed by atoms with Crippen molar-refractivity contribution in [2.45, 2.75) is 114 Å². The lowest BCUT2D eigenvalue weighted by Crippen LogP contribution is -2.38. The molecule has 1 aliphatic carbocycles. The molecule has 1 aliphatic heterocycles. The summed E-state index contributed by atoms with van der Waals surface area (Å²) in [7, 11) is -1.38. The number of nitrogens with zero attached hydrogens (tertiary/aromatic N) is 2. The minimum absolute atomic E-state index is 0.112. The Kier molecular flexibility index (Phi) is 9.26. The van der Waals surface area contributed by atoms with Gasteiger partial charge in [0.2, 0.25) is 0 Å². The molecule has 37 heavy (non-hydrogen) atoms. The highest BCUT2D eigenvalue weighted by Crippen LogP contribution is 2.41. The van der Waals surface area contributed by atoms with Crippen molar-refractivity contribution in [2.75, 3.05) is 13.2 Å². The highest BCUT2D eigenvalue weighted by molar-refractivity contribution is 7.85. The van der Waals surface area contributed by atoms with Gasteiger partial charge in [0.25, 0.3) is 5.91 Å². The van der Waals surface area contributed by atoms with Gasteiger partial charge in [-0.1, -0.05) is 52.9 Å². The maximum atomic E-state index is 13.4. The molecule has 1 unspecified atom stereocenters. The molecule has 1 saturated carbocycles. The fourth-order valence-electron chi connectivity index (χ4n) is 4.84. The van der Waals surface area contributed by atoms with E-state index in [0.29, 0.717) is 24.1 Å². The van der Waals surface area contributed by atoms with Crippen LogP contribution >= 0.6 is 22.7 Å². The molecule has 2 N–H and O–H groups in total.